The van der Waals surface area contributed by atoms with E-state index in [1.165, 1.54) is 49.1 Å². The summed E-state index contributed by atoms with van der Waals surface area (Å²) in [4.78, 5) is 7.03. The van der Waals surface area contributed by atoms with Gasteiger partial charge in [0.15, 0.2) is 0 Å². The maximum absolute atomic E-state index is 4.51. The first-order valence-electron chi connectivity index (χ1n) is 7.61. The van der Waals surface area contributed by atoms with Gasteiger partial charge in [0.25, 0.3) is 0 Å². The second kappa shape index (κ2) is 5.80. The van der Waals surface area contributed by atoms with Crippen molar-refractivity contribution in [1.29, 1.82) is 0 Å². The summed E-state index contributed by atoms with van der Waals surface area (Å²) in [6.07, 6.45) is 4.33. The molecule has 1 aliphatic heterocycles. The summed E-state index contributed by atoms with van der Waals surface area (Å²) in [5, 5.41) is 4.97. The molecule has 1 fully saturated rings. The molecular weight excluding hydrogens is 246 g/mol. The predicted molar refractivity (Wildman–Crippen MR) is 85.2 cm³/mol. The molecule has 0 bridgehead atoms. The summed E-state index contributed by atoms with van der Waals surface area (Å²) in [6.45, 7) is 7.95. The van der Waals surface area contributed by atoms with Crippen LogP contribution in [0.1, 0.15) is 25.3 Å². The number of benzene rings is 1. The van der Waals surface area contributed by atoms with E-state index in [2.05, 4.69) is 47.2 Å². The van der Waals surface area contributed by atoms with Gasteiger partial charge in [0, 0.05) is 36.4 Å². The van der Waals surface area contributed by atoms with Crippen LogP contribution in [0, 0.1) is 6.92 Å². The third kappa shape index (κ3) is 2.63. The third-order valence-electron chi connectivity index (χ3n) is 4.37. The lowest BCUT2D eigenvalue weighted by molar-refractivity contribution is 0.229. The maximum atomic E-state index is 4.51. The fourth-order valence-corrected chi connectivity index (χ4v) is 3.05. The summed E-state index contributed by atoms with van der Waals surface area (Å²) in [6, 6.07) is 9.14. The lowest BCUT2D eigenvalue weighted by Gasteiger charge is -2.32. The zero-order valence-electron chi connectivity index (χ0n) is 12.4. The Bertz CT molecular complexity index is 586. The molecule has 0 spiro atoms. The number of aromatic nitrogens is 1. The predicted octanol–water partition coefficient (Wildman–Crippen LogP) is 3.44. The highest BCUT2D eigenvalue weighted by Crippen LogP contribution is 2.26. The fraction of sp³-hybridized carbons (Fsp3) is 0.471. The summed E-state index contributed by atoms with van der Waals surface area (Å²) >= 11 is 0. The van der Waals surface area contributed by atoms with Gasteiger partial charge in [-0.2, -0.15) is 0 Å². The van der Waals surface area contributed by atoms with Crippen LogP contribution >= 0.6 is 0 Å². The number of aryl methyl sites for hydroxylation is 1. The number of rotatable bonds is 3. The van der Waals surface area contributed by atoms with Gasteiger partial charge >= 0.3 is 0 Å². The van der Waals surface area contributed by atoms with Crippen LogP contribution in [-0.4, -0.2) is 35.6 Å². The van der Waals surface area contributed by atoms with Crippen LogP contribution in [0.15, 0.2) is 30.5 Å². The van der Waals surface area contributed by atoms with E-state index in [0.29, 0.717) is 6.04 Å². The van der Waals surface area contributed by atoms with Crippen LogP contribution in [-0.2, 0) is 0 Å². The van der Waals surface area contributed by atoms with Crippen molar-refractivity contribution < 1.29 is 0 Å². The highest BCUT2D eigenvalue weighted by atomic mass is 15.1. The second-order valence-corrected chi connectivity index (χ2v) is 5.68. The van der Waals surface area contributed by atoms with Crippen molar-refractivity contribution in [2.75, 3.05) is 25.0 Å². The number of hydrogen-bond acceptors (Lipinski definition) is 3. The molecule has 1 N–H and O–H groups in total. The Morgan fingerprint density at radius 3 is 2.80 bits per heavy atom. The summed E-state index contributed by atoms with van der Waals surface area (Å²) < 4.78 is 0. The molecule has 0 radical (unpaired) electrons. The van der Waals surface area contributed by atoms with Gasteiger partial charge in [0.1, 0.15) is 0 Å². The van der Waals surface area contributed by atoms with Gasteiger partial charge < -0.3 is 10.2 Å². The maximum Gasteiger partial charge on any atom is 0.0751 e. The van der Waals surface area contributed by atoms with Crippen molar-refractivity contribution in [3.63, 3.8) is 0 Å². The Balaban J connectivity index is 1.80. The first-order valence-corrected chi connectivity index (χ1v) is 7.61. The molecule has 0 unspecified atom stereocenters. The van der Waals surface area contributed by atoms with Crippen LogP contribution in [0.5, 0.6) is 0 Å². The van der Waals surface area contributed by atoms with E-state index in [1.54, 1.807) is 0 Å². The van der Waals surface area contributed by atoms with Crippen molar-refractivity contribution in [3.8, 4) is 0 Å². The van der Waals surface area contributed by atoms with Crippen LogP contribution in [0.3, 0.4) is 0 Å². The van der Waals surface area contributed by atoms with Crippen LogP contribution in [0.4, 0.5) is 5.69 Å². The summed E-state index contributed by atoms with van der Waals surface area (Å²) in [7, 11) is 0. The molecule has 0 atom stereocenters. The molecule has 2 aromatic rings. The number of pyridine rings is 1. The monoisotopic (exact) mass is 269 g/mol. The normalized spacial score (nSPS) is 17.5. The van der Waals surface area contributed by atoms with E-state index >= 15 is 0 Å². The number of piperidine rings is 1. The van der Waals surface area contributed by atoms with E-state index in [-0.39, 0.29) is 0 Å². The minimum absolute atomic E-state index is 0.587. The minimum Gasteiger partial charge on any atom is -0.382 e. The first-order chi connectivity index (χ1) is 9.78. The van der Waals surface area contributed by atoms with E-state index in [0.717, 1.165) is 5.52 Å². The molecule has 0 aliphatic carbocycles. The van der Waals surface area contributed by atoms with Gasteiger partial charge in [-0.15, -0.1) is 0 Å². The molecule has 1 saturated heterocycles. The van der Waals surface area contributed by atoms with Crippen molar-refractivity contribution in [1.82, 2.24) is 9.88 Å². The van der Waals surface area contributed by atoms with Crippen molar-refractivity contribution in [2.24, 2.45) is 0 Å². The topological polar surface area (TPSA) is 28.2 Å². The van der Waals surface area contributed by atoms with Gasteiger partial charge in [-0.3, -0.25) is 4.98 Å². The van der Waals surface area contributed by atoms with Crippen LogP contribution in [0.25, 0.3) is 10.9 Å². The Kier molecular flexibility index (Phi) is 3.88. The number of fused-ring (bicyclic) bond motifs is 1. The molecule has 3 heteroatoms. The molecule has 1 aliphatic rings. The lowest BCUT2D eigenvalue weighted by Crippen LogP contribution is -2.38. The Morgan fingerprint density at radius 1 is 1.25 bits per heavy atom. The molecule has 2 heterocycles. The van der Waals surface area contributed by atoms with E-state index in [4.69, 9.17) is 0 Å². The molecule has 0 saturated carbocycles. The number of anilines is 1. The quantitative estimate of drug-likeness (QED) is 0.925. The zero-order chi connectivity index (χ0) is 13.9. The Morgan fingerprint density at radius 2 is 2.05 bits per heavy atom. The van der Waals surface area contributed by atoms with Crippen molar-refractivity contribution >= 4 is 16.6 Å². The van der Waals surface area contributed by atoms with Gasteiger partial charge in [-0.1, -0.05) is 13.0 Å². The van der Waals surface area contributed by atoms with Gasteiger partial charge in [0.05, 0.1) is 5.52 Å². The van der Waals surface area contributed by atoms with E-state index in [1.807, 2.05) is 12.3 Å². The number of nitrogens with zero attached hydrogens (tertiary/aromatic N) is 2. The number of likely N-dealkylation sites (tertiary alicyclic amines) is 1. The highest BCUT2D eigenvalue weighted by molar-refractivity contribution is 5.93. The average molecular weight is 269 g/mol. The third-order valence-corrected chi connectivity index (χ3v) is 4.37. The standard InChI is InChI=1S/C17H23N3/c1-3-20-11-8-14(9-12-20)19-16-7-6-13(2)17-15(16)5-4-10-18-17/h4-7,10,14,19H,3,8-9,11-12H2,1-2H3. The number of nitrogens with one attached hydrogen (secondary N) is 1. The van der Waals surface area contributed by atoms with Crippen molar-refractivity contribution in [3.05, 3.63) is 36.0 Å². The van der Waals surface area contributed by atoms with Gasteiger partial charge in [-0.25, -0.2) is 0 Å². The van der Waals surface area contributed by atoms with Crippen molar-refractivity contribution in [2.45, 2.75) is 32.7 Å². The van der Waals surface area contributed by atoms with E-state index in [9.17, 15) is 0 Å². The minimum atomic E-state index is 0.587. The second-order valence-electron chi connectivity index (χ2n) is 5.68. The Labute approximate surface area is 121 Å². The molecule has 3 rings (SSSR count). The molecule has 0 amide bonds. The van der Waals surface area contributed by atoms with Gasteiger partial charge in [0.2, 0.25) is 0 Å². The lowest BCUT2D eigenvalue weighted by atomic mass is 10.0. The fourth-order valence-electron chi connectivity index (χ4n) is 3.05. The first kappa shape index (κ1) is 13.4. The van der Waals surface area contributed by atoms with Crippen LogP contribution < -0.4 is 5.32 Å². The summed E-state index contributed by atoms with van der Waals surface area (Å²) in [5.41, 5.74) is 3.59. The number of hydrogen-bond donors (Lipinski definition) is 1. The molecule has 1 aromatic carbocycles. The SMILES string of the molecule is CCN1CCC(Nc2ccc(C)c3ncccc23)CC1. The molecular formula is C17H23N3. The smallest absolute Gasteiger partial charge is 0.0751 e. The molecule has 1 aromatic heterocycles. The average Bonchev–Trinajstić information content (AvgIpc) is 2.51. The van der Waals surface area contributed by atoms with Crippen LogP contribution in [0.2, 0.25) is 0 Å². The zero-order valence-corrected chi connectivity index (χ0v) is 12.4. The Hall–Kier alpha value is -1.61. The molecule has 106 valence electrons. The van der Waals surface area contributed by atoms with E-state index < -0.39 is 0 Å². The van der Waals surface area contributed by atoms with Gasteiger partial charge in [-0.05, 0) is 50.1 Å². The molecule has 3 nitrogen and oxygen atoms in total. The largest absolute Gasteiger partial charge is 0.382 e. The highest BCUT2D eigenvalue weighted by Gasteiger charge is 2.18. The summed E-state index contributed by atoms with van der Waals surface area (Å²) in [5.74, 6) is 0. The molecule has 20 heavy (non-hydrogen) atoms.